The second-order valence-corrected chi connectivity index (χ2v) is 5.27. The lowest BCUT2D eigenvalue weighted by atomic mass is 10.1. The average Bonchev–Trinajstić information content (AvgIpc) is 2.34. The van der Waals surface area contributed by atoms with Gasteiger partial charge in [0.05, 0.1) is 12.1 Å². The molecular formula is C14H10BrClFNO. The Labute approximate surface area is 123 Å². The minimum absolute atomic E-state index is 0.108. The molecule has 2 aromatic carbocycles. The normalized spacial score (nSPS) is 10.3. The van der Waals surface area contributed by atoms with Crippen LogP contribution in [-0.4, -0.2) is 5.91 Å². The molecule has 0 radical (unpaired) electrons. The molecule has 19 heavy (non-hydrogen) atoms. The molecule has 2 nitrogen and oxygen atoms in total. The van der Waals surface area contributed by atoms with Crippen LogP contribution in [0.5, 0.6) is 0 Å². The van der Waals surface area contributed by atoms with Crippen molar-refractivity contribution >= 4 is 39.1 Å². The first-order valence-corrected chi connectivity index (χ1v) is 6.71. The molecular weight excluding hydrogens is 333 g/mol. The van der Waals surface area contributed by atoms with Crippen molar-refractivity contribution < 1.29 is 9.18 Å². The number of carbonyl (C=O) groups is 1. The standard InChI is InChI=1S/C14H10BrClFNO/c15-12-5-4-10(16)8-13(12)18-14(19)7-9-2-1-3-11(17)6-9/h1-6,8H,7H2,(H,18,19). The lowest BCUT2D eigenvalue weighted by Crippen LogP contribution is -2.14. The van der Waals surface area contributed by atoms with Crippen LogP contribution in [0, 0.1) is 5.82 Å². The zero-order valence-corrected chi connectivity index (χ0v) is 12.1. The maximum absolute atomic E-state index is 13.0. The molecule has 0 aliphatic heterocycles. The summed E-state index contributed by atoms with van der Waals surface area (Å²) in [6.45, 7) is 0. The largest absolute Gasteiger partial charge is 0.325 e. The predicted molar refractivity (Wildman–Crippen MR) is 77.9 cm³/mol. The van der Waals surface area contributed by atoms with Gasteiger partial charge in [0.15, 0.2) is 0 Å². The highest BCUT2D eigenvalue weighted by molar-refractivity contribution is 9.10. The van der Waals surface area contributed by atoms with Crippen LogP contribution in [0.15, 0.2) is 46.9 Å². The number of hydrogen-bond acceptors (Lipinski definition) is 1. The Kier molecular flexibility index (Phi) is 4.56. The van der Waals surface area contributed by atoms with Crippen molar-refractivity contribution in [3.63, 3.8) is 0 Å². The number of halogens is 3. The summed E-state index contributed by atoms with van der Waals surface area (Å²) in [6.07, 6.45) is 0.108. The third-order valence-corrected chi connectivity index (χ3v) is 3.38. The molecule has 0 aliphatic rings. The van der Waals surface area contributed by atoms with E-state index in [4.69, 9.17) is 11.6 Å². The van der Waals surface area contributed by atoms with Crippen molar-refractivity contribution in [1.29, 1.82) is 0 Å². The Hall–Kier alpha value is -1.39. The highest BCUT2D eigenvalue weighted by Crippen LogP contribution is 2.26. The van der Waals surface area contributed by atoms with E-state index >= 15 is 0 Å². The highest BCUT2D eigenvalue weighted by Gasteiger charge is 2.07. The number of amides is 1. The topological polar surface area (TPSA) is 29.1 Å². The van der Waals surface area contributed by atoms with Gasteiger partial charge in [-0.2, -0.15) is 0 Å². The molecule has 0 saturated heterocycles. The molecule has 1 N–H and O–H groups in total. The Bertz CT molecular complexity index is 618. The van der Waals surface area contributed by atoms with E-state index < -0.39 is 0 Å². The molecule has 1 amide bonds. The molecule has 0 unspecified atom stereocenters. The number of anilines is 1. The van der Waals surface area contributed by atoms with Gasteiger partial charge in [-0.05, 0) is 51.8 Å². The van der Waals surface area contributed by atoms with Crippen LogP contribution in [0.4, 0.5) is 10.1 Å². The van der Waals surface area contributed by atoms with E-state index in [9.17, 15) is 9.18 Å². The lowest BCUT2D eigenvalue weighted by molar-refractivity contribution is -0.115. The van der Waals surface area contributed by atoms with Crippen molar-refractivity contribution in [2.45, 2.75) is 6.42 Å². The molecule has 0 aromatic heterocycles. The number of carbonyl (C=O) groups excluding carboxylic acids is 1. The molecule has 0 atom stereocenters. The van der Waals surface area contributed by atoms with E-state index in [-0.39, 0.29) is 18.1 Å². The summed E-state index contributed by atoms with van der Waals surface area (Å²) in [4.78, 5) is 11.9. The van der Waals surface area contributed by atoms with Gasteiger partial charge in [0.1, 0.15) is 5.82 Å². The van der Waals surface area contributed by atoms with Gasteiger partial charge in [-0.3, -0.25) is 4.79 Å². The predicted octanol–water partition coefficient (Wildman–Crippen LogP) is 4.42. The van der Waals surface area contributed by atoms with Crippen molar-refractivity contribution in [1.82, 2.24) is 0 Å². The third-order valence-electron chi connectivity index (χ3n) is 2.46. The molecule has 0 spiro atoms. The Morgan fingerprint density at radius 2 is 2.05 bits per heavy atom. The molecule has 2 aromatic rings. The fourth-order valence-corrected chi connectivity index (χ4v) is 2.14. The fraction of sp³-hybridized carbons (Fsp3) is 0.0714. The van der Waals surface area contributed by atoms with E-state index in [0.29, 0.717) is 16.3 Å². The molecule has 0 bridgehead atoms. The first-order chi connectivity index (χ1) is 9.04. The van der Waals surface area contributed by atoms with E-state index in [2.05, 4.69) is 21.2 Å². The van der Waals surface area contributed by atoms with Crippen LogP contribution < -0.4 is 5.32 Å². The highest BCUT2D eigenvalue weighted by atomic mass is 79.9. The summed E-state index contributed by atoms with van der Waals surface area (Å²) >= 11 is 9.18. The average molecular weight is 343 g/mol. The van der Waals surface area contributed by atoms with Gasteiger partial charge in [0.2, 0.25) is 5.91 Å². The van der Waals surface area contributed by atoms with Gasteiger partial charge in [-0.1, -0.05) is 23.7 Å². The molecule has 98 valence electrons. The van der Waals surface area contributed by atoms with E-state index in [1.165, 1.54) is 12.1 Å². The number of nitrogens with one attached hydrogen (secondary N) is 1. The van der Waals surface area contributed by atoms with Crippen LogP contribution in [0.2, 0.25) is 5.02 Å². The summed E-state index contributed by atoms with van der Waals surface area (Å²) in [5.74, 6) is -0.581. The quantitative estimate of drug-likeness (QED) is 0.879. The second kappa shape index (κ2) is 6.17. The first-order valence-electron chi connectivity index (χ1n) is 5.54. The van der Waals surface area contributed by atoms with Crippen LogP contribution >= 0.6 is 27.5 Å². The van der Waals surface area contributed by atoms with Crippen molar-refractivity contribution in [3.05, 3.63) is 63.3 Å². The number of rotatable bonds is 3. The van der Waals surface area contributed by atoms with Crippen LogP contribution in [0.25, 0.3) is 0 Å². The van der Waals surface area contributed by atoms with Gasteiger partial charge < -0.3 is 5.32 Å². The van der Waals surface area contributed by atoms with Crippen LogP contribution in [0.3, 0.4) is 0 Å². The van der Waals surface area contributed by atoms with Crippen LogP contribution in [-0.2, 0) is 11.2 Å². The Morgan fingerprint density at radius 3 is 2.79 bits per heavy atom. The Balaban J connectivity index is 2.07. The summed E-state index contributed by atoms with van der Waals surface area (Å²) in [7, 11) is 0. The fourth-order valence-electron chi connectivity index (χ4n) is 1.62. The minimum Gasteiger partial charge on any atom is -0.325 e. The maximum Gasteiger partial charge on any atom is 0.228 e. The molecule has 2 rings (SSSR count). The van der Waals surface area contributed by atoms with Crippen molar-refractivity contribution in [2.75, 3.05) is 5.32 Å². The zero-order valence-electron chi connectivity index (χ0n) is 9.79. The zero-order chi connectivity index (χ0) is 13.8. The van der Waals surface area contributed by atoms with Gasteiger partial charge in [0.25, 0.3) is 0 Å². The maximum atomic E-state index is 13.0. The van der Waals surface area contributed by atoms with Gasteiger partial charge in [-0.25, -0.2) is 4.39 Å². The van der Waals surface area contributed by atoms with E-state index in [0.717, 1.165) is 4.47 Å². The molecule has 5 heteroatoms. The lowest BCUT2D eigenvalue weighted by Gasteiger charge is -2.08. The van der Waals surface area contributed by atoms with Gasteiger partial charge in [-0.15, -0.1) is 0 Å². The van der Waals surface area contributed by atoms with E-state index in [1.807, 2.05) is 0 Å². The number of hydrogen-bond donors (Lipinski definition) is 1. The second-order valence-electron chi connectivity index (χ2n) is 3.98. The smallest absolute Gasteiger partial charge is 0.228 e. The summed E-state index contributed by atoms with van der Waals surface area (Å²) in [6, 6.07) is 11.1. The summed E-state index contributed by atoms with van der Waals surface area (Å²) in [5.41, 5.74) is 1.21. The minimum atomic E-state index is -0.353. The van der Waals surface area contributed by atoms with Gasteiger partial charge in [0, 0.05) is 9.50 Å². The van der Waals surface area contributed by atoms with E-state index in [1.54, 1.807) is 30.3 Å². The molecule has 0 heterocycles. The SMILES string of the molecule is O=C(Cc1cccc(F)c1)Nc1cc(Cl)ccc1Br. The monoisotopic (exact) mass is 341 g/mol. The van der Waals surface area contributed by atoms with Crippen molar-refractivity contribution in [3.8, 4) is 0 Å². The summed E-state index contributed by atoms with van der Waals surface area (Å²) < 4.78 is 13.7. The molecule has 0 fully saturated rings. The molecule has 0 aliphatic carbocycles. The van der Waals surface area contributed by atoms with Crippen molar-refractivity contribution in [2.24, 2.45) is 0 Å². The third kappa shape index (κ3) is 4.04. The summed E-state index contributed by atoms with van der Waals surface area (Å²) in [5, 5.41) is 3.26. The number of benzene rings is 2. The van der Waals surface area contributed by atoms with Gasteiger partial charge >= 0.3 is 0 Å². The Morgan fingerprint density at radius 1 is 1.26 bits per heavy atom. The first kappa shape index (κ1) is 14.0. The van der Waals surface area contributed by atoms with Crippen LogP contribution in [0.1, 0.15) is 5.56 Å². The molecule has 0 saturated carbocycles.